The summed E-state index contributed by atoms with van der Waals surface area (Å²) < 4.78 is 7.72. The molecule has 0 saturated carbocycles. The molecule has 7 heteroatoms. The van der Waals surface area contributed by atoms with E-state index in [1.54, 1.807) is 0 Å². The topological polar surface area (TPSA) is 112 Å². The van der Waals surface area contributed by atoms with Crippen LogP contribution in [0.1, 0.15) is 36.8 Å². The van der Waals surface area contributed by atoms with Crippen molar-refractivity contribution in [3.05, 3.63) is 65.4 Å². The Morgan fingerprint density at radius 1 is 1.21 bits per heavy atom. The number of carboxylic acid groups (broad SMARTS) is 1. The number of carbonyl (C=O) groups is 3. The van der Waals surface area contributed by atoms with Gasteiger partial charge < -0.3 is 20.1 Å². The van der Waals surface area contributed by atoms with Gasteiger partial charge in [-0.3, -0.25) is 9.59 Å². The van der Waals surface area contributed by atoms with Gasteiger partial charge in [0, 0.05) is 17.6 Å². The van der Waals surface area contributed by atoms with Crippen LogP contribution in [0, 0.1) is 0 Å². The summed E-state index contributed by atoms with van der Waals surface area (Å²) in [6, 6.07) is 9.40. The Hall–Kier alpha value is -3.71. The van der Waals surface area contributed by atoms with Gasteiger partial charge in [0.25, 0.3) is 0 Å². The van der Waals surface area contributed by atoms with Gasteiger partial charge in [0.15, 0.2) is 12.9 Å². The quantitative estimate of drug-likeness (QED) is 0.218. The van der Waals surface area contributed by atoms with Crippen LogP contribution >= 0.6 is 0 Å². The second-order valence-corrected chi connectivity index (χ2v) is 7.29. The summed E-state index contributed by atoms with van der Waals surface area (Å²) in [7, 11) is 1.50. The van der Waals surface area contributed by atoms with E-state index in [2.05, 4.69) is 5.73 Å². The van der Waals surface area contributed by atoms with E-state index in [4.69, 9.17) is 4.74 Å². The summed E-state index contributed by atoms with van der Waals surface area (Å²) in [4.78, 5) is 35.5. The lowest BCUT2D eigenvalue weighted by Crippen LogP contribution is -2.10. The highest BCUT2D eigenvalue weighted by Gasteiger charge is 2.26. The standard InChI is InChI=1S/C25H25NO5.CH5N/c1-4-6-9-16(3)13-26-19(5-2)23(21(28)14-27)24-20(26)12-17-10-7-8-11-18(17)25(24)31-15-22(29)30;1-2/h4,6-12,14H,5,13,15H2,1-3H3,(H,29,30);2H2,1H3/b6-4-,16-9+;. The van der Waals surface area contributed by atoms with Crippen molar-refractivity contribution in [2.75, 3.05) is 13.7 Å². The number of hydrogen-bond donors (Lipinski definition) is 2. The lowest BCUT2D eigenvalue weighted by atomic mass is 10.0. The molecule has 174 valence electrons. The third-order valence-electron chi connectivity index (χ3n) is 5.15. The zero-order valence-electron chi connectivity index (χ0n) is 19.4. The highest BCUT2D eigenvalue weighted by atomic mass is 16.5. The van der Waals surface area contributed by atoms with Gasteiger partial charge in [-0.05, 0) is 38.8 Å². The van der Waals surface area contributed by atoms with Crippen LogP contribution in [0.25, 0.3) is 21.7 Å². The van der Waals surface area contributed by atoms with Gasteiger partial charge in [-0.15, -0.1) is 0 Å². The molecule has 0 atom stereocenters. The van der Waals surface area contributed by atoms with Crippen LogP contribution in [0.4, 0.5) is 0 Å². The second kappa shape index (κ2) is 11.8. The monoisotopic (exact) mass is 450 g/mol. The molecule has 0 bridgehead atoms. The first-order chi connectivity index (χ1) is 15.9. The van der Waals surface area contributed by atoms with Gasteiger partial charge in [0.2, 0.25) is 5.78 Å². The summed E-state index contributed by atoms with van der Waals surface area (Å²) in [5.41, 5.74) is 7.29. The number of aliphatic carboxylic acids is 1. The lowest BCUT2D eigenvalue weighted by Gasteiger charge is -2.13. The number of carboxylic acids is 1. The summed E-state index contributed by atoms with van der Waals surface area (Å²) >= 11 is 0. The predicted molar refractivity (Wildman–Crippen MR) is 131 cm³/mol. The minimum atomic E-state index is -1.12. The molecule has 0 aliphatic heterocycles. The van der Waals surface area contributed by atoms with Crippen molar-refractivity contribution >= 4 is 39.7 Å². The van der Waals surface area contributed by atoms with E-state index >= 15 is 0 Å². The van der Waals surface area contributed by atoms with Crippen molar-refractivity contribution in [2.45, 2.75) is 33.7 Å². The Bertz CT molecular complexity index is 1230. The van der Waals surface area contributed by atoms with Crippen LogP contribution in [0.3, 0.4) is 0 Å². The largest absolute Gasteiger partial charge is 0.481 e. The maximum Gasteiger partial charge on any atom is 0.341 e. The zero-order chi connectivity index (χ0) is 24.5. The first-order valence-corrected chi connectivity index (χ1v) is 10.7. The SMILES string of the molecule is C/C=C\C=C(/C)Cn1c(CC)c(C(=O)C=O)c2c(OCC(=O)O)c3ccccc3cc21.CN. The maximum absolute atomic E-state index is 12.7. The number of hydrogen-bond acceptors (Lipinski definition) is 5. The van der Waals surface area contributed by atoms with E-state index in [9.17, 15) is 19.5 Å². The molecule has 0 amide bonds. The summed E-state index contributed by atoms with van der Waals surface area (Å²) in [5, 5.41) is 11.2. The number of aromatic nitrogens is 1. The van der Waals surface area contributed by atoms with Gasteiger partial charge in [0.05, 0.1) is 16.5 Å². The van der Waals surface area contributed by atoms with Crippen molar-refractivity contribution < 1.29 is 24.2 Å². The summed E-state index contributed by atoms with van der Waals surface area (Å²) in [5.74, 6) is -1.46. The van der Waals surface area contributed by atoms with E-state index < -0.39 is 18.4 Å². The third-order valence-corrected chi connectivity index (χ3v) is 5.15. The Kier molecular flexibility index (Phi) is 9.12. The number of aldehydes is 1. The van der Waals surface area contributed by atoms with E-state index in [0.717, 1.165) is 22.2 Å². The van der Waals surface area contributed by atoms with Gasteiger partial charge in [-0.25, -0.2) is 4.79 Å². The van der Waals surface area contributed by atoms with Gasteiger partial charge >= 0.3 is 5.97 Å². The Morgan fingerprint density at radius 2 is 1.91 bits per heavy atom. The van der Waals surface area contributed by atoms with Crippen molar-refractivity contribution in [3.63, 3.8) is 0 Å². The molecule has 3 rings (SSSR count). The van der Waals surface area contributed by atoms with E-state index in [1.807, 2.05) is 73.9 Å². The molecule has 0 saturated heterocycles. The Labute approximate surface area is 193 Å². The van der Waals surface area contributed by atoms with Crippen molar-refractivity contribution in [1.82, 2.24) is 4.57 Å². The minimum absolute atomic E-state index is 0.275. The normalized spacial score (nSPS) is 11.5. The predicted octanol–water partition coefficient (Wildman–Crippen LogP) is 4.30. The molecule has 0 unspecified atom stereocenters. The number of rotatable bonds is 9. The molecule has 0 aliphatic rings. The molecule has 7 nitrogen and oxygen atoms in total. The number of ketones is 1. The fraction of sp³-hybridized carbons (Fsp3) is 0.269. The molecule has 1 aromatic heterocycles. The highest BCUT2D eigenvalue weighted by molar-refractivity contribution is 6.38. The Morgan fingerprint density at radius 3 is 2.52 bits per heavy atom. The van der Waals surface area contributed by atoms with Crippen LogP contribution in [0.5, 0.6) is 5.75 Å². The molecule has 3 aromatic rings. The number of fused-ring (bicyclic) bond motifs is 2. The number of ether oxygens (including phenoxy) is 1. The molecule has 0 radical (unpaired) electrons. The fourth-order valence-electron chi connectivity index (χ4n) is 3.90. The second-order valence-electron chi connectivity index (χ2n) is 7.29. The number of nitrogens with two attached hydrogens (primary N) is 1. The number of benzene rings is 2. The van der Waals surface area contributed by atoms with Crippen molar-refractivity contribution in [1.29, 1.82) is 0 Å². The van der Waals surface area contributed by atoms with Crippen LogP contribution in [-0.4, -0.2) is 41.4 Å². The molecule has 2 aromatic carbocycles. The molecule has 0 fully saturated rings. The average Bonchev–Trinajstić information content (AvgIpc) is 3.13. The third kappa shape index (κ3) is 5.38. The molecule has 33 heavy (non-hydrogen) atoms. The van der Waals surface area contributed by atoms with E-state index in [-0.39, 0.29) is 5.56 Å². The van der Waals surface area contributed by atoms with Gasteiger partial charge in [-0.1, -0.05) is 55.0 Å². The van der Waals surface area contributed by atoms with Crippen LogP contribution in [0.2, 0.25) is 0 Å². The molecular weight excluding hydrogens is 420 g/mol. The number of nitrogens with zero attached hydrogens (tertiary/aromatic N) is 1. The van der Waals surface area contributed by atoms with Crippen molar-refractivity contribution in [3.8, 4) is 5.75 Å². The van der Waals surface area contributed by atoms with E-state index in [1.165, 1.54) is 7.05 Å². The van der Waals surface area contributed by atoms with Gasteiger partial charge in [-0.2, -0.15) is 0 Å². The maximum atomic E-state index is 12.7. The Balaban J connectivity index is 0.00000187. The highest BCUT2D eigenvalue weighted by Crippen LogP contribution is 2.40. The number of carbonyl (C=O) groups excluding carboxylic acids is 2. The lowest BCUT2D eigenvalue weighted by molar-refractivity contribution is -0.139. The molecular formula is C26H30N2O5. The summed E-state index contributed by atoms with van der Waals surface area (Å²) in [6.45, 7) is 5.83. The van der Waals surface area contributed by atoms with Gasteiger partial charge in [0.1, 0.15) is 5.75 Å². The number of allylic oxidation sites excluding steroid dienone is 4. The fourth-order valence-corrected chi connectivity index (χ4v) is 3.90. The molecule has 1 heterocycles. The first kappa shape index (κ1) is 25.5. The van der Waals surface area contributed by atoms with Crippen molar-refractivity contribution in [2.24, 2.45) is 5.73 Å². The smallest absolute Gasteiger partial charge is 0.341 e. The van der Waals surface area contributed by atoms with Crippen LogP contribution in [0.15, 0.2) is 54.1 Å². The first-order valence-electron chi connectivity index (χ1n) is 10.7. The molecule has 3 N–H and O–H groups in total. The number of Topliss-reactive ketones (excluding diaryl/α,β-unsaturated/α-hetero) is 1. The summed E-state index contributed by atoms with van der Waals surface area (Å²) in [6.07, 6.45) is 6.70. The van der Waals surface area contributed by atoms with Crippen LogP contribution < -0.4 is 10.5 Å². The minimum Gasteiger partial charge on any atom is -0.481 e. The molecule has 0 spiro atoms. The molecule has 0 aliphatic carbocycles. The van der Waals surface area contributed by atoms with E-state index in [0.29, 0.717) is 35.8 Å². The van der Waals surface area contributed by atoms with Crippen LogP contribution in [-0.2, 0) is 22.6 Å². The zero-order valence-corrected chi connectivity index (χ0v) is 19.4. The average molecular weight is 451 g/mol.